The van der Waals surface area contributed by atoms with Crippen molar-refractivity contribution in [2.75, 3.05) is 26.9 Å². The van der Waals surface area contributed by atoms with Gasteiger partial charge in [0, 0.05) is 32.1 Å². The second-order valence-electron chi connectivity index (χ2n) is 3.61. The molecule has 92 valence electrons. The molecule has 1 heterocycles. The minimum Gasteiger partial charge on any atom is -0.385 e. The Morgan fingerprint density at radius 2 is 2.25 bits per heavy atom. The maximum atomic E-state index is 5.94. The van der Waals surface area contributed by atoms with E-state index in [1.54, 1.807) is 13.3 Å². The molecule has 1 atom stereocenters. The number of methoxy groups -OCH3 is 1. The van der Waals surface area contributed by atoms with Crippen LogP contribution >= 0.6 is 11.6 Å². The fourth-order valence-electron chi connectivity index (χ4n) is 1.27. The highest BCUT2D eigenvalue weighted by molar-refractivity contribution is 6.20. The maximum Gasteiger partial charge on any atom is 0.0662 e. The Hall–Kier alpha value is -0.580. The second-order valence-corrected chi connectivity index (χ2v) is 4.27. The number of hydrogen-bond donors (Lipinski definition) is 0. The van der Waals surface area contributed by atoms with Gasteiger partial charge in [-0.3, -0.25) is 4.68 Å². The minimum absolute atomic E-state index is 0.0105. The third kappa shape index (κ3) is 4.96. The van der Waals surface area contributed by atoms with Crippen LogP contribution in [0.2, 0.25) is 0 Å². The molecule has 1 unspecified atom stereocenters. The Morgan fingerprint density at radius 1 is 1.44 bits per heavy atom. The molecule has 0 aliphatic rings. The van der Waals surface area contributed by atoms with Gasteiger partial charge in [0.05, 0.1) is 24.7 Å². The number of halogens is 1. The van der Waals surface area contributed by atoms with Gasteiger partial charge in [-0.05, 0) is 13.3 Å². The van der Waals surface area contributed by atoms with Crippen LogP contribution < -0.4 is 0 Å². The van der Waals surface area contributed by atoms with Crippen LogP contribution in [-0.4, -0.2) is 36.7 Å². The number of rotatable bonds is 8. The van der Waals surface area contributed by atoms with E-state index in [-0.39, 0.29) is 5.38 Å². The van der Waals surface area contributed by atoms with Gasteiger partial charge in [0.15, 0.2) is 0 Å². The summed E-state index contributed by atoms with van der Waals surface area (Å²) in [5.41, 5.74) is 1.04. The molecule has 16 heavy (non-hydrogen) atoms. The van der Waals surface area contributed by atoms with Crippen molar-refractivity contribution in [2.24, 2.45) is 0 Å². The molecule has 0 saturated heterocycles. The van der Waals surface area contributed by atoms with Crippen LogP contribution in [-0.2, 0) is 16.0 Å². The van der Waals surface area contributed by atoms with Crippen molar-refractivity contribution in [3.05, 3.63) is 18.0 Å². The first-order valence-corrected chi connectivity index (χ1v) is 5.90. The lowest BCUT2D eigenvalue weighted by Crippen LogP contribution is -2.08. The molecule has 5 heteroatoms. The molecule has 0 N–H and O–H groups in total. The summed E-state index contributed by atoms with van der Waals surface area (Å²) in [5.74, 6) is 0. The van der Waals surface area contributed by atoms with E-state index in [1.165, 1.54) is 0 Å². The first kappa shape index (κ1) is 13.5. The zero-order valence-corrected chi connectivity index (χ0v) is 10.6. The summed E-state index contributed by atoms with van der Waals surface area (Å²) in [5, 5.41) is 4.21. The summed E-state index contributed by atoms with van der Waals surface area (Å²) in [7, 11) is 1.69. The fourth-order valence-corrected chi connectivity index (χ4v) is 1.39. The third-order valence-corrected chi connectivity index (χ3v) is 2.47. The smallest absolute Gasteiger partial charge is 0.0662 e. The molecule has 0 radical (unpaired) electrons. The molecule has 1 rings (SSSR count). The topological polar surface area (TPSA) is 36.3 Å². The largest absolute Gasteiger partial charge is 0.385 e. The summed E-state index contributed by atoms with van der Waals surface area (Å²) in [6, 6.07) is 0. The lowest BCUT2D eigenvalue weighted by Gasteiger charge is -2.04. The highest BCUT2D eigenvalue weighted by atomic mass is 35.5. The molecule has 1 aromatic rings. The van der Waals surface area contributed by atoms with Crippen LogP contribution in [0.3, 0.4) is 0 Å². The molecule has 4 nitrogen and oxygen atoms in total. The van der Waals surface area contributed by atoms with E-state index in [1.807, 2.05) is 17.8 Å². The van der Waals surface area contributed by atoms with Crippen LogP contribution in [0.4, 0.5) is 0 Å². The van der Waals surface area contributed by atoms with Gasteiger partial charge in [0.25, 0.3) is 0 Å². The lowest BCUT2D eigenvalue weighted by molar-refractivity contribution is 0.0961. The van der Waals surface area contributed by atoms with E-state index in [2.05, 4.69) is 5.10 Å². The number of nitrogens with zero attached hydrogens (tertiary/aromatic N) is 2. The monoisotopic (exact) mass is 246 g/mol. The Bertz CT molecular complexity index is 289. The Morgan fingerprint density at radius 3 is 2.88 bits per heavy atom. The quantitative estimate of drug-likeness (QED) is 0.521. The summed E-state index contributed by atoms with van der Waals surface area (Å²) in [6.07, 6.45) is 4.68. The standard InChI is InChI=1S/C11H19ClN2O2/c1-10(12)11-8-13-14(9-11)4-7-16-6-3-5-15-2/h8-10H,3-7H2,1-2H3. The number of alkyl halides is 1. The van der Waals surface area contributed by atoms with Crippen LogP contribution in [0, 0.1) is 0 Å². The van der Waals surface area contributed by atoms with E-state index in [0.29, 0.717) is 6.61 Å². The van der Waals surface area contributed by atoms with Crippen LogP contribution in [0.1, 0.15) is 24.3 Å². The lowest BCUT2D eigenvalue weighted by atomic mass is 10.3. The van der Waals surface area contributed by atoms with Crippen molar-refractivity contribution in [3.63, 3.8) is 0 Å². The molecule has 0 aliphatic heterocycles. The highest BCUT2D eigenvalue weighted by Gasteiger charge is 2.03. The highest BCUT2D eigenvalue weighted by Crippen LogP contribution is 2.17. The van der Waals surface area contributed by atoms with Gasteiger partial charge in [0.1, 0.15) is 0 Å². The molecule has 0 fully saturated rings. The Kier molecular flexibility index (Phi) is 6.45. The third-order valence-electron chi connectivity index (χ3n) is 2.21. The molecular weight excluding hydrogens is 228 g/mol. The van der Waals surface area contributed by atoms with Gasteiger partial charge in [-0.2, -0.15) is 5.10 Å². The molecule has 0 saturated carbocycles. The van der Waals surface area contributed by atoms with Gasteiger partial charge in [-0.25, -0.2) is 0 Å². The van der Waals surface area contributed by atoms with Crippen molar-refractivity contribution >= 4 is 11.6 Å². The van der Waals surface area contributed by atoms with Crippen molar-refractivity contribution in [3.8, 4) is 0 Å². The van der Waals surface area contributed by atoms with Gasteiger partial charge in [-0.15, -0.1) is 11.6 Å². The first-order chi connectivity index (χ1) is 7.74. The molecular formula is C11H19ClN2O2. The fraction of sp³-hybridized carbons (Fsp3) is 0.727. The average Bonchev–Trinajstić information content (AvgIpc) is 2.72. The average molecular weight is 247 g/mol. The summed E-state index contributed by atoms with van der Waals surface area (Å²) in [6.45, 7) is 4.84. The molecule has 0 bridgehead atoms. The van der Waals surface area contributed by atoms with Gasteiger partial charge >= 0.3 is 0 Å². The molecule has 0 aromatic carbocycles. The Labute approximate surface area is 101 Å². The number of hydrogen-bond acceptors (Lipinski definition) is 3. The molecule has 1 aromatic heterocycles. The second kappa shape index (κ2) is 7.65. The summed E-state index contributed by atoms with van der Waals surface area (Å²) in [4.78, 5) is 0. The van der Waals surface area contributed by atoms with E-state index in [9.17, 15) is 0 Å². The zero-order chi connectivity index (χ0) is 11.8. The normalized spacial score (nSPS) is 12.9. The predicted octanol–water partition coefficient (Wildman–Crippen LogP) is 2.24. The van der Waals surface area contributed by atoms with Gasteiger partial charge < -0.3 is 9.47 Å². The molecule has 0 aliphatic carbocycles. The summed E-state index contributed by atoms with van der Waals surface area (Å²) >= 11 is 5.94. The van der Waals surface area contributed by atoms with Crippen molar-refractivity contribution in [1.82, 2.24) is 9.78 Å². The van der Waals surface area contributed by atoms with Crippen molar-refractivity contribution < 1.29 is 9.47 Å². The van der Waals surface area contributed by atoms with Gasteiger partial charge in [-0.1, -0.05) is 0 Å². The van der Waals surface area contributed by atoms with Crippen molar-refractivity contribution in [2.45, 2.75) is 25.3 Å². The number of aromatic nitrogens is 2. The van der Waals surface area contributed by atoms with E-state index in [0.717, 1.165) is 31.7 Å². The van der Waals surface area contributed by atoms with E-state index >= 15 is 0 Å². The van der Waals surface area contributed by atoms with Gasteiger partial charge in [0.2, 0.25) is 0 Å². The SMILES string of the molecule is COCCCOCCn1cc(C(C)Cl)cn1. The van der Waals surface area contributed by atoms with E-state index < -0.39 is 0 Å². The van der Waals surface area contributed by atoms with Crippen molar-refractivity contribution in [1.29, 1.82) is 0 Å². The minimum atomic E-state index is 0.0105. The van der Waals surface area contributed by atoms with E-state index in [4.69, 9.17) is 21.1 Å². The number of ether oxygens (including phenoxy) is 2. The maximum absolute atomic E-state index is 5.94. The molecule has 0 amide bonds. The predicted molar refractivity (Wildman–Crippen MR) is 63.8 cm³/mol. The zero-order valence-electron chi connectivity index (χ0n) is 9.86. The Balaban J connectivity index is 2.12. The first-order valence-electron chi connectivity index (χ1n) is 5.47. The van der Waals surface area contributed by atoms with Crippen LogP contribution in [0.5, 0.6) is 0 Å². The molecule has 0 spiro atoms. The van der Waals surface area contributed by atoms with Crippen LogP contribution in [0.25, 0.3) is 0 Å². The summed E-state index contributed by atoms with van der Waals surface area (Å²) < 4.78 is 12.2. The van der Waals surface area contributed by atoms with Crippen LogP contribution in [0.15, 0.2) is 12.4 Å².